The lowest BCUT2D eigenvalue weighted by Gasteiger charge is -2.02. The van der Waals surface area contributed by atoms with Crippen molar-refractivity contribution in [2.24, 2.45) is 0 Å². The topological polar surface area (TPSA) is 55.1 Å². The Kier molecular flexibility index (Phi) is 1.65. The van der Waals surface area contributed by atoms with Crippen molar-refractivity contribution in [1.82, 2.24) is 9.78 Å². The zero-order valence-corrected chi connectivity index (χ0v) is 8.38. The zero-order valence-electron chi connectivity index (χ0n) is 7.56. The van der Waals surface area contributed by atoms with Gasteiger partial charge >= 0.3 is 5.97 Å². The van der Waals surface area contributed by atoms with Gasteiger partial charge in [0.05, 0.1) is 11.7 Å². The van der Waals surface area contributed by atoms with Gasteiger partial charge in [-0.15, -0.1) is 0 Å². The minimum absolute atomic E-state index is 0.358. The Morgan fingerprint density at radius 3 is 2.93 bits per heavy atom. The van der Waals surface area contributed by atoms with Gasteiger partial charge in [0.1, 0.15) is 0 Å². The van der Waals surface area contributed by atoms with Crippen molar-refractivity contribution >= 4 is 17.7 Å². The Morgan fingerprint density at radius 2 is 2.29 bits per heavy atom. The molecule has 3 rings (SSSR count). The average molecular weight is 210 g/mol. The summed E-state index contributed by atoms with van der Waals surface area (Å²) in [6.45, 7) is 0. The molecule has 14 heavy (non-hydrogen) atoms. The van der Waals surface area contributed by atoms with Crippen LogP contribution in [0.5, 0.6) is 0 Å². The molecule has 0 atom stereocenters. The Bertz CT molecular complexity index is 409. The summed E-state index contributed by atoms with van der Waals surface area (Å²) in [6.07, 6.45) is 2.15. The molecule has 1 fully saturated rings. The van der Waals surface area contributed by atoms with Crippen LogP contribution in [-0.4, -0.2) is 20.9 Å². The molecular formula is C9H10N2O2S. The van der Waals surface area contributed by atoms with E-state index in [9.17, 15) is 4.79 Å². The molecule has 1 aliphatic carbocycles. The molecule has 2 aliphatic rings. The SMILES string of the molecule is O=C(O)c1c2c(nn1C1CC1)CSC2. The van der Waals surface area contributed by atoms with Crippen molar-refractivity contribution in [1.29, 1.82) is 0 Å². The molecule has 0 amide bonds. The largest absolute Gasteiger partial charge is 0.477 e. The van der Waals surface area contributed by atoms with Crippen LogP contribution in [0.25, 0.3) is 0 Å². The molecule has 0 unspecified atom stereocenters. The van der Waals surface area contributed by atoms with Crippen LogP contribution < -0.4 is 0 Å². The molecule has 0 bridgehead atoms. The fourth-order valence-electron chi connectivity index (χ4n) is 1.84. The van der Waals surface area contributed by atoms with Gasteiger partial charge in [0.25, 0.3) is 0 Å². The highest BCUT2D eigenvalue weighted by Gasteiger charge is 2.34. The summed E-state index contributed by atoms with van der Waals surface area (Å²) in [6, 6.07) is 0.358. The van der Waals surface area contributed by atoms with E-state index in [-0.39, 0.29) is 0 Å². The minimum Gasteiger partial charge on any atom is -0.477 e. The number of carboxylic acids is 1. The minimum atomic E-state index is -0.826. The lowest BCUT2D eigenvalue weighted by atomic mass is 10.2. The highest BCUT2D eigenvalue weighted by Crippen LogP contribution is 2.40. The van der Waals surface area contributed by atoms with E-state index in [0.717, 1.165) is 35.6 Å². The second-order valence-electron chi connectivity index (χ2n) is 3.75. The Balaban J connectivity index is 2.15. The molecule has 0 radical (unpaired) electrons. The number of aromatic carboxylic acids is 1. The lowest BCUT2D eigenvalue weighted by Crippen LogP contribution is -2.10. The van der Waals surface area contributed by atoms with Crippen LogP contribution in [-0.2, 0) is 11.5 Å². The third-order valence-electron chi connectivity index (χ3n) is 2.67. The molecule has 5 heteroatoms. The van der Waals surface area contributed by atoms with Gasteiger partial charge < -0.3 is 5.11 Å². The summed E-state index contributed by atoms with van der Waals surface area (Å²) in [5.41, 5.74) is 2.38. The predicted octanol–water partition coefficient (Wildman–Crippen LogP) is 1.66. The van der Waals surface area contributed by atoms with E-state index >= 15 is 0 Å². The molecule has 0 aromatic carbocycles. The number of rotatable bonds is 2. The van der Waals surface area contributed by atoms with Gasteiger partial charge in [0, 0.05) is 17.1 Å². The van der Waals surface area contributed by atoms with Crippen LogP contribution in [0.15, 0.2) is 0 Å². The number of fused-ring (bicyclic) bond motifs is 1. The van der Waals surface area contributed by atoms with Crippen LogP contribution in [0, 0.1) is 0 Å². The van der Waals surface area contributed by atoms with Gasteiger partial charge in [-0.3, -0.25) is 4.68 Å². The summed E-state index contributed by atoms with van der Waals surface area (Å²) in [7, 11) is 0. The first-order valence-corrected chi connectivity index (χ1v) is 5.84. The Labute approximate surface area is 85.3 Å². The van der Waals surface area contributed by atoms with Crippen molar-refractivity contribution in [3.8, 4) is 0 Å². The van der Waals surface area contributed by atoms with E-state index in [2.05, 4.69) is 5.10 Å². The monoisotopic (exact) mass is 210 g/mol. The van der Waals surface area contributed by atoms with Crippen LogP contribution in [0.2, 0.25) is 0 Å². The molecule has 1 aliphatic heterocycles. The van der Waals surface area contributed by atoms with Crippen LogP contribution >= 0.6 is 11.8 Å². The van der Waals surface area contributed by atoms with E-state index in [1.54, 1.807) is 16.4 Å². The molecule has 1 N–H and O–H groups in total. The number of nitrogens with zero attached hydrogens (tertiary/aromatic N) is 2. The molecule has 1 saturated carbocycles. The molecule has 1 aromatic rings. The maximum atomic E-state index is 11.1. The molecule has 2 heterocycles. The molecule has 74 valence electrons. The van der Waals surface area contributed by atoms with E-state index in [0.29, 0.717) is 11.7 Å². The molecule has 4 nitrogen and oxygen atoms in total. The first kappa shape index (κ1) is 8.35. The summed E-state index contributed by atoms with van der Waals surface area (Å²) < 4.78 is 1.73. The fraction of sp³-hybridized carbons (Fsp3) is 0.556. The van der Waals surface area contributed by atoms with Crippen molar-refractivity contribution < 1.29 is 9.90 Å². The van der Waals surface area contributed by atoms with Crippen LogP contribution in [0.3, 0.4) is 0 Å². The highest BCUT2D eigenvalue weighted by atomic mass is 32.2. The van der Waals surface area contributed by atoms with Crippen molar-refractivity contribution in [2.45, 2.75) is 30.4 Å². The number of thioether (sulfide) groups is 1. The average Bonchev–Trinajstić information content (AvgIpc) is 2.75. The van der Waals surface area contributed by atoms with Gasteiger partial charge in [-0.05, 0) is 12.8 Å². The summed E-state index contributed by atoms with van der Waals surface area (Å²) in [4.78, 5) is 11.1. The van der Waals surface area contributed by atoms with E-state index in [1.165, 1.54) is 0 Å². The smallest absolute Gasteiger partial charge is 0.354 e. The molecular weight excluding hydrogens is 200 g/mol. The maximum Gasteiger partial charge on any atom is 0.354 e. The number of carbonyl (C=O) groups is 1. The summed E-state index contributed by atoms with van der Waals surface area (Å²) >= 11 is 1.74. The van der Waals surface area contributed by atoms with E-state index in [4.69, 9.17) is 5.11 Å². The van der Waals surface area contributed by atoms with Crippen molar-refractivity contribution in [3.63, 3.8) is 0 Å². The number of hydrogen-bond acceptors (Lipinski definition) is 3. The van der Waals surface area contributed by atoms with Crippen molar-refractivity contribution in [2.75, 3.05) is 0 Å². The van der Waals surface area contributed by atoms with E-state index < -0.39 is 5.97 Å². The first-order valence-electron chi connectivity index (χ1n) is 4.68. The standard InChI is InChI=1S/C9H10N2O2S/c12-9(13)8-6-3-14-4-7(6)10-11(8)5-1-2-5/h5H,1-4H2,(H,12,13). The molecule has 0 saturated heterocycles. The third-order valence-corrected chi connectivity index (χ3v) is 3.64. The number of carboxylic acid groups (broad SMARTS) is 1. The number of hydrogen-bond donors (Lipinski definition) is 1. The Morgan fingerprint density at radius 1 is 1.50 bits per heavy atom. The quantitative estimate of drug-likeness (QED) is 0.806. The summed E-state index contributed by atoms with van der Waals surface area (Å²) in [5.74, 6) is 0.854. The van der Waals surface area contributed by atoms with E-state index in [1.807, 2.05) is 0 Å². The van der Waals surface area contributed by atoms with Gasteiger partial charge in [-0.2, -0.15) is 16.9 Å². The van der Waals surface area contributed by atoms with Crippen LogP contribution in [0.1, 0.15) is 40.6 Å². The summed E-state index contributed by atoms with van der Waals surface area (Å²) in [5, 5.41) is 13.5. The number of aromatic nitrogens is 2. The van der Waals surface area contributed by atoms with Crippen LogP contribution in [0.4, 0.5) is 0 Å². The third kappa shape index (κ3) is 1.08. The molecule has 0 spiro atoms. The lowest BCUT2D eigenvalue weighted by molar-refractivity contribution is 0.0682. The van der Waals surface area contributed by atoms with Gasteiger partial charge in [-0.25, -0.2) is 4.79 Å². The second kappa shape index (κ2) is 2.76. The fourth-order valence-corrected chi connectivity index (χ4v) is 2.88. The Hall–Kier alpha value is -0.970. The zero-order chi connectivity index (χ0) is 9.71. The molecule has 1 aromatic heterocycles. The second-order valence-corrected chi connectivity index (χ2v) is 4.73. The van der Waals surface area contributed by atoms with Crippen molar-refractivity contribution in [3.05, 3.63) is 17.0 Å². The first-order chi connectivity index (χ1) is 6.77. The normalized spacial score (nSPS) is 19.7. The van der Waals surface area contributed by atoms with Gasteiger partial charge in [-0.1, -0.05) is 0 Å². The maximum absolute atomic E-state index is 11.1. The van der Waals surface area contributed by atoms with Gasteiger partial charge in [0.15, 0.2) is 5.69 Å². The predicted molar refractivity (Wildman–Crippen MR) is 52.5 cm³/mol. The highest BCUT2D eigenvalue weighted by molar-refractivity contribution is 7.98. The van der Waals surface area contributed by atoms with Gasteiger partial charge in [0.2, 0.25) is 0 Å².